The highest BCUT2D eigenvalue weighted by atomic mass is 35.6. The molecule has 5 atom stereocenters. The van der Waals surface area contributed by atoms with Gasteiger partial charge in [0, 0.05) is 6.42 Å². The SMILES string of the molecule is CCCCCCCCCCC[C@H](CC(=O)O[C@H]1[C@H](OP(=O)(Oc2ccccc2)Oc2ccccc2)[C@@H](COC(=O)OC(C)(C)C(Cl)(Cl)Cl)OC[C@H]1NC(=O)OCC(Cl)(Cl)Cl)OC(=O)CCCCCCCCCC. The molecular formula is C51H74Cl6NO14P. The first kappa shape index (κ1) is 64.7. The maximum atomic E-state index is 15.1. The number of benzene rings is 2. The number of esters is 2. The predicted octanol–water partition coefficient (Wildman–Crippen LogP) is 15.5. The molecule has 15 nitrogen and oxygen atoms in total. The Bertz CT molecular complexity index is 1900. The second-order valence-electron chi connectivity index (χ2n) is 18.4. The Balaban J connectivity index is 2.00. The average molecular weight is 1170 g/mol. The van der Waals surface area contributed by atoms with Gasteiger partial charge in [-0.1, -0.05) is 216 Å². The number of hydrogen-bond donors (Lipinski definition) is 1. The molecule has 22 heteroatoms. The number of amides is 1. The molecule has 0 spiro atoms. The van der Waals surface area contributed by atoms with Crippen LogP contribution in [0.4, 0.5) is 9.59 Å². The van der Waals surface area contributed by atoms with Crippen molar-refractivity contribution in [3.63, 3.8) is 0 Å². The lowest BCUT2D eigenvalue weighted by Crippen LogP contribution is -2.62. The maximum absolute atomic E-state index is 15.1. The quantitative estimate of drug-likeness (QED) is 0.0230. The number of phosphoric ester groups is 1. The van der Waals surface area contributed by atoms with Crippen molar-refractivity contribution in [2.45, 2.75) is 200 Å². The number of halogens is 6. The molecule has 1 aliphatic heterocycles. The molecule has 0 bridgehead atoms. The molecule has 0 radical (unpaired) electrons. The first-order valence-electron chi connectivity index (χ1n) is 25.3. The lowest BCUT2D eigenvalue weighted by Gasteiger charge is -2.42. The molecule has 0 unspecified atom stereocenters. The highest BCUT2D eigenvalue weighted by molar-refractivity contribution is 7.49. The van der Waals surface area contributed by atoms with Gasteiger partial charge in [0.25, 0.3) is 0 Å². The van der Waals surface area contributed by atoms with Crippen LogP contribution in [0.5, 0.6) is 11.5 Å². The van der Waals surface area contributed by atoms with Crippen molar-refractivity contribution in [1.82, 2.24) is 5.32 Å². The molecule has 1 N–H and O–H groups in total. The number of nitrogens with one attached hydrogen (secondary N) is 1. The second kappa shape index (κ2) is 34.2. The summed E-state index contributed by atoms with van der Waals surface area (Å²) in [4.78, 5) is 54.2. The van der Waals surface area contributed by atoms with Crippen LogP contribution in [-0.2, 0) is 47.1 Å². The van der Waals surface area contributed by atoms with Crippen LogP contribution < -0.4 is 14.4 Å². The van der Waals surface area contributed by atoms with E-state index in [4.69, 9.17) is 112 Å². The molecule has 1 aliphatic rings. The monoisotopic (exact) mass is 1170 g/mol. The number of rotatable bonds is 34. The van der Waals surface area contributed by atoms with Gasteiger partial charge in [0.15, 0.2) is 11.7 Å². The number of carbonyl (C=O) groups is 4. The molecule has 1 amide bonds. The van der Waals surface area contributed by atoms with E-state index in [1.54, 1.807) is 36.4 Å². The fourth-order valence-corrected chi connectivity index (χ4v) is 9.25. The number of hydrogen-bond acceptors (Lipinski definition) is 14. The van der Waals surface area contributed by atoms with Crippen LogP contribution in [-0.4, -0.2) is 87.7 Å². The molecule has 1 heterocycles. The Labute approximate surface area is 461 Å². The summed E-state index contributed by atoms with van der Waals surface area (Å²) in [7, 11) is -4.91. The van der Waals surface area contributed by atoms with Crippen LogP contribution in [0.1, 0.15) is 156 Å². The van der Waals surface area contributed by atoms with Gasteiger partial charge in [-0.3, -0.25) is 14.1 Å². The van der Waals surface area contributed by atoms with E-state index in [0.717, 1.165) is 57.8 Å². The van der Waals surface area contributed by atoms with Crippen molar-refractivity contribution in [3.8, 4) is 11.5 Å². The van der Waals surface area contributed by atoms with Gasteiger partial charge in [-0.2, -0.15) is 0 Å². The molecule has 3 rings (SSSR count). The van der Waals surface area contributed by atoms with Crippen LogP contribution in [0.15, 0.2) is 60.7 Å². The number of carbonyl (C=O) groups excluding carboxylic acids is 4. The Morgan fingerprint density at radius 3 is 1.70 bits per heavy atom. The van der Waals surface area contributed by atoms with Gasteiger partial charge in [0.05, 0.1) is 19.1 Å². The minimum atomic E-state index is -4.91. The Hall–Kier alpha value is -2.59. The third-order valence-corrected chi connectivity index (χ3v) is 14.7. The zero-order chi connectivity index (χ0) is 53.8. The number of alkyl halides is 6. The van der Waals surface area contributed by atoms with E-state index in [1.807, 2.05) is 0 Å². The fraction of sp³-hybridized carbons (Fsp3) is 0.686. The third-order valence-electron chi connectivity index (χ3n) is 11.6. The first-order valence-corrected chi connectivity index (χ1v) is 29.1. The standard InChI is InChI=1S/C51H74Cl6NO14P/c1-5-7-9-11-13-15-16-18-22-32-40(67-43(59)33-27-19-17-14-12-10-8-6-2)34-44(60)68-45-41(58-47(61)66-37-50(52,53)54)35-64-42(36-65-48(62)69-49(3,4)51(55,56)57)46(45)72-73(63,70-38-28-23-20-24-29-38)71-39-30-25-21-26-31-39/h20-21,23-26,28-31,40-42,45-46H,5-19,22,27,32-37H2,1-4H3,(H,58,61)/t40-,41-,42-,45-,46-/m1/s1. The number of unbranched alkanes of at least 4 members (excludes halogenated alkanes) is 15. The topological polar surface area (TPSA) is 180 Å². The van der Waals surface area contributed by atoms with E-state index >= 15 is 4.57 Å². The minimum Gasteiger partial charge on any atom is -0.462 e. The van der Waals surface area contributed by atoms with Gasteiger partial charge in [0.1, 0.15) is 43.0 Å². The van der Waals surface area contributed by atoms with E-state index in [-0.39, 0.29) is 17.9 Å². The molecule has 0 aliphatic carbocycles. The normalized spacial score (nSPS) is 17.7. The molecule has 1 saturated heterocycles. The summed E-state index contributed by atoms with van der Waals surface area (Å²) in [6.45, 7) is 5.18. The van der Waals surface area contributed by atoms with Crippen LogP contribution >= 0.6 is 77.4 Å². The lowest BCUT2D eigenvalue weighted by atomic mass is 9.98. The first-order chi connectivity index (χ1) is 34.6. The lowest BCUT2D eigenvalue weighted by molar-refractivity contribution is -0.190. The summed E-state index contributed by atoms with van der Waals surface area (Å²) in [5.74, 6) is -1.23. The maximum Gasteiger partial charge on any atom is 0.588 e. The highest BCUT2D eigenvalue weighted by Gasteiger charge is 2.51. The van der Waals surface area contributed by atoms with Crippen molar-refractivity contribution in [2.75, 3.05) is 19.8 Å². The number of alkyl carbamates (subject to hydrolysis) is 1. The average Bonchev–Trinajstić information content (AvgIpc) is 3.31. The van der Waals surface area contributed by atoms with E-state index < -0.39 is 102 Å². The molecule has 2 aromatic carbocycles. The molecular weight excluding hydrogens is 1090 g/mol. The van der Waals surface area contributed by atoms with Crippen LogP contribution in [0.2, 0.25) is 0 Å². The number of phosphoric acid groups is 1. The Morgan fingerprint density at radius 1 is 0.685 bits per heavy atom. The zero-order valence-corrected chi connectivity index (χ0v) is 47.8. The predicted molar refractivity (Wildman–Crippen MR) is 285 cm³/mol. The molecule has 414 valence electrons. The smallest absolute Gasteiger partial charge is 0.462 e. The third kappa shape index (κ3) is 27.3. The van der Waals surface area contributed by atoms with E-state index in [2.05, 4.69) is 19.2 Å². The number of para-hydroxylation sites is 2. The van der Waals surface area contributed by atoms with Gasteiger partial charge in [-0.25, -0.2) is 14.2 Å². The van der Waals surface area contributed by atoms with Crippen molar-refractivity contribution < 1.29 is 65.7 Å². The minimum absolute atomic E-state index is 0.0513. The molecule has 0 aromatic heterocycles. The van der Waals surface area contributed by atoms with Gasteiger partial charge in [-0.05, 0) is 57.4 Å². The van der Waals surface area contributed by atoms with Crippen LogP contribution in [0.3, 0.4) is 0 Å². The van der Waals surface area contributed by atoms with E-state index in [1.165, 1.54) is 76.6 Å². The highest BCUT2D eigenvalue weighted by Crippen LogP contribution is 2.52. The van der Waals surface area contributed by atoms with E-state index in [9.17, 15) is 19.2 Å². The van der Waals surface area contributed by atoms with Crippen molar-refractivity contribution in [3.05, 3.63) is 60.7 Å². The summed E-state index contributed by atoms with van der Waals surface area (Å²) in [5, 5.41) is 2.55. The summed E-state index contributed by atoms with van der Waals surface area (Å²) < 4.78 is 63.3. The van der Waals surface area contributed by atoms with Gasteiger partial charge in [0.2, 0.25) is 7.59 Å². The second-order valence-corrected chi connectivity index (χ2v) is 24.7. The molecule has 1 fully saturated rings. The van der Waals surface area contributed by atoms with Crippen molar-refractivity contribution in [1.29, 1.82) is 0 Å². The van der Waals surface area contributed by atoms with Crippen LogP contribution in [0.25, 0.3) is 0 Å². The van der Waals surface area contributed by atoms with Crippen LogP contribution in [0, 0.1) is 0 Å². The van der Waals surface area contributed by atoms with E-state index in [0.29, 0.717) is 19.3 Å². The Kier molecular flexibility index (Phi) is 30.3. The van der Waals surface area contributed by atoms with Crippen molar-refractivity contribution in [2.24, 2.45) is 0 Å². The largest absolute Gasteiger partial charge is 0.588 e. The van der Waals surface area contributed by atoms with Gasteiger partial charge in [-0.15, -0.1) is 0 Å². The van der Waals surface area contributed by atoms with Gasteiger partial charge >= 0.3 is 32.0 Å². The van der Waals surface area contributed by atoms with Gasteiger partial charge < -0.3 is 42.8 Å². The fourth-order valence-electron chi connectivity index (χ4n) is 7.54. The van der Waals surface area contributed by atoms with Crippen molar-refractivity contribution >= 4 is 102 Å². The number of ether oxygens (including phenoxy) is 6. The molecule has 0 saturated carbocycles. The molecule has 2 aromatic rings. The summed E-state index contributed by atoms with van der Waals surface area (Å²) >= 11 is 35.8. The summed E-state index contributed by atoms with van der Waals surface area (Å²) in [6.07, 6.45) is 9.71. The summed E-state index contributed by atoms with van der Waals surface area (Å²) in [6, 6.07) is 14.5. The zero-order valence-electron chi connectivity index (χ0n) is 42.4. The molecule has 73 heavy (non-hydrogen) atoms. The Morgan fingerprint density at radius 2 is 1.19 bits per heavy atom. The summed E-state index contributed by atoms with van der Waals surface area (Å²) in [5.41, 5.74) is -1.69.